The summed E-state index contributed by atoms with van der Waals surface area (Å²) in [5.41, 5.74) is 3.37. The molecule has 0 aliphatic rings. The Hall–Kier alpha value is -2.61. The third-order valence-corrected chi connectivity index (χ3v) is 12.5. The van der Waals surface area contributed by atoms with Gasteiger partial charge >= 0.3 is 0 Å². The summed E-state index contributed by atoms with van der Waals surface area (Å²) >= 11 is 0. The molecule has 2 aromatic carbocycles. The second-order valence-electron chi connectivity index (χ2n) is 10.0. The van der Waals surface area contributed by atoms with E-state index in [4.69, 9.17) is 9.16 Å². The Morgan fingerprint density at radius 2 is 1.59 bits per heavy atom. The molecular weight excluding hydrogens is 462 g/mol. The van der Waals surface area contributed by atoms with E-state index in [0.29, 0.717) is 18.9 Å². The van der Waals surface area contributed by atoms with E-state index >= 15 is 0 Å². The fourth-order valence-electron chi connectivity index (χ4n) is 3.07. The fourth-order valence-corrected chi connectivity index (χ4v) is 5.40. The molecule has 5 nitrogen and oxygen atoms in total. The Labute approximate surface area is 205 Å². The molecule has 0 N–H and O–H groups in total. The Bertz CT molecular complexity index is 1220. The van der Waals surface area contributed by atoms with E-state index in [1.807, 2.05) is 43.3 Å². The van der Waals surface area contributed by atoms with Crippen molar-refractivity contribution in [2.45, 2.75) is 63.9 Å². The Kier molecular flexibility index (Phi) is 7.90. The van der Waals surface area contributed by atoms with E-state index in [-0.39, 0.29) is 9.93 Å². The molecule has 1 heterocycles. The Morgan fingerprint density at radius 3 is 2.21 bits per heavy atom. The summed E-state index contributed by atoms with van der Waals surface area (Å²) < 4.78 is 40.2. The summed E-state index contributed by atoms with van der Waals surface area (Å²) in [6, 6.07) is 18.5. The van der Waals surface area contributed by atoms with Crippen molar-refractivity contribution in [3.63, 3.8) is 0 Å². The molecule has 1 aromatic heterocycles. The van der Waals surface area contributed by atoms with Gasteiger partial charge in [0.25, 0.3) is 10.0 Å². The highest BCUT2D eigenvalue weighted by molar-refractivity contribution is 7.90. The lowest BCUT2D eigenvalue weighted by atomic mass is 10.2. The number of ether oxygens (including phenoxy) is 1. The van der Waals surface area contributed by atoms with Gasteiger partial charge in [-0.1, -0.05) is 68.8 Å². The summed E-state index contributed by atoms with van der Waals surface area (Å²) in [6.45, 7) is 13.6. The van der Waals surface area contributed by atoms with Crippen LogP contribution in [0.25, 0.3) is 6.08 Å². The maximum absolute atomic E-state index is 13.4. The molecule has 0 atom stereocenters. The largest absolute Gasteiger partial charge is 0.496 e. The number of hydrogen-bond acceptors (Lipinski definition) is 4. The number of aromatic nitrogens is 1. The van der Waals surface area contributed by atoms with Gasteiger partial charge in [0, 0.05) is 6.20 Å². The number of aryl methyl sites for hydroxylation is 1. The van der Waals surface area contributed by atoms with Gasteiger partial charge in [-0.25, -0.2) is 12.4 Å². The van der Waals surface area contributed by atoms with Crippen LogP contribution in [0.3, 0.4) is 0 Å². The average molecular weight is 498 g/mol. The smallest absolute Gasteiger partial charge is 0.268 e. The van der Waals surface area contributed by atoms with Crippen LogP contribution in [0.15, 0.2) is 78.0 Å². The molecule has 0 bridgehead atoms. The Morgan fingerprint density at radius 1 is 0.941 bits per heavy atom. The molecular formula is C27H35NO4SSi. The molecule has 0 saturated heterocycles. The molecule has 0 amide bonds. The van der Waals surface area contributed by atoms with E-state index in [1.54, 1.807) is 42.8 Å². The highest BCUT2D eigenvalue weighted by Gasteiger charge is 2.37. The molecule has 0 saturated carbocycles. The number of benzene rings is 2. The van der Waals surface area contributed by atoms with Crippen LogP contribution in [-0.2, 0) is 32.4 Å². The van der Waals surface area contributed by atoms with E-state index in [9.17, 15) is 8.42 Å². The number of nitrogens with zero attached hydrogens (tertiary/aromatic N) is 1. The fraction of sp³-hybridized carbons (Fsp3) is 0.333. The van der Waals surface area contributed by atoms with Gasteiger partial charge in [-0.05, 0) is 60.5 Å². The molecule has 0 aliphatic carbocycles. The quantitative estimate of drug-likeness (QED) is 0.243. The summed E-state index contributed by atoms with van der Waals surface area (Å²) in [7, 11) is -5.75. The van der Waals surface area contributed by atoms with Crippen LogP contribution in [0.1, 0.15) is 43.2 Å². The summed E-state index contributed by atoms with van der Waals surface area (Å²) in [6.07, 6.45) is 4.88. The first-order chi connectivity index (χ1) is 15.9. The maximum atomic E-state index is 13.4. The predicted molar refractivity (Wildman–Crippen MR) is 140 cm³/mol. The zero-order chi connectivity index (χ0) is 25.0. The molecule has 3 rings (SSSR count). The lowest BCUT2D eigenvalue weighted by Crippen LogP contribution is -2.40. The Balaban J connectivity index is 1.88. The van der Waals surface area contributed by atoms with E-state index in [0.717, 1.165) is 16.7 Å². The number of hydrogen-bond donors (Lipinski definition) is 0. The number of rotatable bonds is 9. The second-order valence-corrected chi connectivity index (χ2v) is 16.7. The van der Waals surface area contributed by atoms with Crippen molar-refractivity contribution in [2.75, 3.05) is 0 Å². The van der Waals surface area contributed by atoms with E-state index in [2.05, 4.69) is 33.9 Å². The molecule has 0 radical (unpaired) electrons. The van der Waals surface area contributed by atoms with Gasteiger partial charge in [-0.2, -0.15) is 0 Å². The monoisotopic (exact) mass is 497 g/mol. The van der Waals surface area contributed by atoms with Crippen LogP contribution < -0.4 is 0 Å². The zero-order valence-corrected chi connectivity index (χ0v) is 22.7. The molecule has 0 fully saturated rings. The van der Waals surface area contributed by atoms with Crippen LogP contribution in [0, 0.1) is 6.92 Å². The van der Waals surface area contributed by atoms with Gasteiger partial charge in [0.2, 0.25) is 0 Å². The third kappa shape index (κ3) is 6.28. The second kappa shape index (κ2) is 10.3. The van der Waals surface area contributed by atoms with Gasteiger partial charge in [0.1, 0.15) is 6.61 Å². The summed E-state index contributed by atoms with van der Waals surface area (Å²) in [5, 5.41) is 0.0670. The van der Waals surface area contributed by atoms with Crippen molar-refractivity contribution in [3.8, 4) is 0 Å². The standard InChI is InChI=1S/C27H35NO4SSi/c1-22-12-14-26(15-13-22)33(29,30)28-19-24(21-32-34(5,6)27(2,3)4)18-25(28)16-17-31-20-23-10-8-7-9-11-23/h7-19H,20-21H2,1-6H3/b17-16+. The minimum atomic E-state index is -3.77. The topological polar surface area (TPSA) is 57.5 Å². The van der Waals surface area contributed by atoms with Crippen LogP contribution in [0.4, 0.5) is 0 Å². The molecule has 0 spiro atoms. The third-order valence-electron chi connectivity index (χ3n) is 6.28. The highest BCUT2D eigenvalue weighted by atomic mass is 32.2. The van der Waals surface area contributed by atoms with Gasteiger partial charge in [-0.15, -0.1) is 0 Å². The minimum Gasteiger partial charge on any atom is -0.496 e. The summed E-state index contributed by atoms with van der Waals surface area (Å²) in [5.74, 6) is 0. The van der Waals surface area contributed by atoms with Crippen molar-refractivity contribution in [2.24, 2.45) is 0 Å². The van der Waals surface area contributed by atoms with Crippen molar-refractivity contribution in [3.05, 3.63) is 95.5 Å². The van der Waals surface area contributed by atoms with E-state index in [1.165, 1.54) is 3.97 Å². The van der Waals surface area contributed by atoms with Crippen molar-refractivity contribution in [1.29, 1.82) is 0 Å². The van der Waals surface area contributed by atoms with Crippen LogP contribution >= 0.6 is 0 Å². The van der Waals surface area contributed by atoms with Crippen LogP contribution in [-0.4, -0.2) is 20.7 Å². The van der Waals surface area contributed by atoms with Crippen molar-refractivity contribution in [1.82, 2.24) is 3.97 Å². The highest BCUT2D eigenvalue weighted by Crippen LogP contribution is 2.37. The van der Waals surface area contributed by atoms with Crippen LogP contribution in [0.2, 0.25) is 18.1 Å². The first-order valence-corrected chi connectivity index (χ1v) is 15.7. The molecule has 34 heavy (non-hydrogen) atoms. The first kappa shape index (κ1) is 26.0. The molecule has 182 valence electrons. The normalized spacial score (nSPS) is 12.9. The molecule has 7 heteroatoms. The van der Waals surface area contributed by atoms with Crippen LogP contribution in [0.5, 0.6) is 0 Å². The van der Waals surface area contributed by atoms with E-state index < -0.39 is 18.3 Å². The lowest BCUT2D eigenvalue weighted by molar-refractivity contribution is 0.239. The van der Waals surface area contributed by atoms with Gasteiger partial charge < -0.3 is 9.16 Å². The lowest BCUT2D eigenvalue weighted by Gasteiger charge is -2.36. The molecule has 0 unspecified atom stereocenters. The molecule has 3 aromatic rings. The summed E-state index contributed by atoms with van der Waals surface area (Å²) in [4.78, 5) is 0.241. The molecule has 0 aliphatic heterocycles. The minimum absolute atomic E-state index is 0.0670. The first-order valence-electron chi connectivity index (χ1n) is 11.4. The zero-order valence-electron chi connectivity index (χ0n) is 20.9. The van der Waals surface area contributed by atoms with Crippen molar-refractivity contribution < 1.29 is 17.6 Å². The maximum Gasteiger partial charge on any atom is 0.268 e. The predicted octanol–water partition coefficient (Wildman–Crippen LogP) is 6.74. The average Bonchev–Trinajstić information content (AvgIpc) is 3.20. The van der Waals surface area contributed by atoms with Gasteiger partial charge in [0.05, 0.1) is 23.5 Å². The van der Waals surface area contributed by atoms with Gasteiger partial charge in [-0.3, -0.25) is 0 Å². The van der Waals surface area contributed by atoms with Gasteiger partial charge in [0.15, 0.2) is 8.32 Å². The van der Waals surface area contributed by atoms with Crippen molar-refractivity contribution >= 4 is 24.4 Å². The SMILES string of the molecule is Cc1ccc(S(=O)(=O)n2cc(CO[Si](C)(C)C(C)(C)C)cc2/C=C/OCc2ccccc2)cc1.